The molecule has 2 aromatic carbocycles. The van der Waals surface area contributed by atoms with Gasteiger partial charge < -0.3 is 4.74 Å². The molecule has 0 aliphatic carbocycles. The first kappa shape index (κ1) is 18.3. The summed E-state index contributed by atoms with van der Waals surface area (Å²) in [5.41, 5.74) is 2.41. The smallest absolute Gasteiger partial charge is 0.177 e. The maximum atomic E-state index is 13.7. The largest absolute Gasteiger partial charge is 0.456 e. The summed E-state index contributed by atoms with van der Waals surface area (Å²) < 4.78 is 6.16. The number of hydrogen-bond acceptors (Lipinski definition) is 3. The average molecular weight is 382 g/mol. The Kier molecular flexibility index (Phi) is 4.83. The number of ketones is 1. The standard InChI is InChI=1S/C23H24ClNO2/c1-3-16(2)15-25-12-10-23(11-13-25)19-6-4-5-7-21(19)27-20-9-8-17(24)14-18(20)22(23)26/h3-9,14H,10-13,15H2,1-2H3. The molecule has 2 aliphatic heterocycles. The van der Waals surface area contributed by atoms with Crippen molar-refractivity contribution >= 4 is 17.4 Å². The Bertz CT molecular complexity index is 910. The number of likely N-dealkylation sites (tertiary alicyclic amines) is 1. The van der Waals surface area contributed by atoms with Crippen LogP contribution in [0.3, 0.4) is 0 Å². The molecule has 0 aromatic heterocycles. The van der Waals surface area contributed by atoms with Crippen molar-refractivity contribution in [3.05, 3.63) is 70.3 Å². The molecule has 0 N–H and O–H groups in total. The van der Waals surface area contributed by atoms with Gasteiger partial charge in [0.05, 0.1) is 11.0 Å². The second-order valence-electron chi connectivity index (χ2n) is 7.56. The molecule has 0 bridgehead atoms. The van der Waals surface area contributed by atoms with Crippen LogP contribution in [0.15, 0.2) is 54.1 Å². The Morgan fingerprint density at radius 3 is 2.67 bits per heavy atom. The quantitative estimate of drug-likeness (QED) is 0.631. The van der Waals surface area contributed by atoms with Crippen LogP contribution in [0.5, 0.6) is 11.5 Å². The van der Waals surface area contributed by atoms with E-state index in [1.165, 1.54) is 5.57 Å². The number of halogens is 1. The fourth-order valence-electron chi connectivity index (χ4n) is 4.25. The van der Waals surface area contributed by atoms with E-state index in [1.807, 2.05) is 24.3 Å². The molecular formula is C23H24ClNO2. The molecule has 3 nitrogen and oxygen atoms in total. The van der Waals surface area contributed by atoms with Gasteiger partial charge in [-0.05, 0) is 64.0 Å². The molecule has 0 radical (unpaired) electrons. The van der Waals surface area contributed by atoms with E-state index in [-0.39, 0.29) is 5.78 Å². The van der Waals surface area contributed by atoms with E-state index in [2.05, 4.69) is 24.8 Å². The number of hydrogen-bond donors (Lipinski definition) is 0. The van der Waals surface area contributed by atoms with E-state index in [4.69, 9.17) is 16.3 Å². The summed E-state index contributed by atoms with van der Waals surface area (Å²) in [6, 6.07) is 13.3. The number of rotatable bonds is 2. The number of fused-ring (bicyclic) bond motifs is 3. The third-order valence-electron chi connectivity index (χ3n) is 5.92. The first-order valence-electron chi connectivity index (χ1n) is 9.49. The van der Waals surface area contributed by atoms with Crippen LogP contribution in [-0.2, 0) is 5.41 Å². The Labute approximate surface area is 165 Å². The first-order chi connectivity index (χ1) is 13.0. The zero-order valence-electron chi connectivity index (χ0n) is 15.8. The summed E-state index contributed by atoms with van der Waals surface area (Å²) in [6.45, 7) is 6.97. The van der Waals surface area contributed by atoms with Gasteiger partial charge in [-0.2, -0.15) is 0 Å². The zero-order chi connectivity index (χ0) is 19.0. The van der Waals surface area contributed by atoms with Crippen LogP contribution in [0.1, 0.15) is 42.6 Å². The number of allylic oxidation sites excluding steroid dienone is 1. The number of nitrogens with zero attached hydrogens (tertiary/aromatic N) is 1. The summed E-state index contributed by atoms with van der Waals surface area (Å²) in [5, 5.41) is 0.563. The van der Waals surface area contributed by atoms with Crippen molar-refractivity contribution in [3.8, 4) is 11.5 Å². The monoisotopic (exact) mass is 381 g/mol. The third kappa shape index (κ3) is 3.19. The molecular weight excluding hydrogens is 358 g/mol. The van der Waals surface area contributed by atoms with Gasteiger partial charge in [-0.25, -0.2) is 0 Å². The van der Waals surface area contributed by atoms with Gasteiger partial charge in [0, 0.05) is 17.1 Å². The Balaban J connectivity index is 1.76. The molecule has 1 saturated heterocycles. The molecule has 2 aromatic rings. The maximum absolute atomic E-state index is 13.7. The van der Waals surface area contributed by atoms with E-state index < -0.39 is 5.41 Å². The molecule has 4 rings (SSSR count). The lowest BCUT2D eigenvalue weighted by molar-refractivity contribution is 0.0782. The minimum atomic E-state index is -0.549. The zero-order valence-corrected chi connectivity index (χ0v) is 16.6. The topological polar surface area (TPSA) is 29.5 Å². The first-order valence-corrected chi connectivity index (χ1v) is 9.87. The third-order valence-corrected chi connectivity index (χ3v) is 6.15. The number of carbonyl (C=O) groups excluding carboxylic acids is 1. The summed E-state index contributed by atoms with van der Waals surface area (Å²) >= 11 is 6.21. The molecule has 1 fully saturated rings. The molecule has 0 unspecified atom stereocenters. The molecule has 27 heavy (non-hydrogen) atoms. The van der Waals surface area contributed by atoms with Crippen LogP contribution in [0, 0.1) is 0 Å². The number of piperidine rings is 1. The van der Waals surface area contributed by atoms with Gasteiger partial charge in [0.2, 0.25) is 0 Å². The summed E-state index contributed by atoms with van der Waals surface area (Å²) in [6.07, 6.45) is 3.73. The van der Waals surface area contributed by atoms with Gasteiger partial charge in [0.1, 0.15) is 11.5 Å². The Hall–Kier alpha value is -2.10. The van der Waals surface area contributed by atoms with Crippen molar-refractivity contribution in [2.24, 2.45) is 0 Å². The lowest BCUT2D eigenvalue weighted by atomic mass is 9.68. The minimum Gasteiger partial charge on any atom is -0.456 e. The SMILES string of the molecule is CC=C(C)CN1CCC2(CC1)C(=O)c1cc(Cl)ccc1Oc1ccccc12. The van der Waals surface area contributed by atoms with Crippen LogP contribution in [0.2, 0.25) is 5.02 Å². The minimum absolute atomic E-state index is 0.132. The molecule has 0 amide bonds. The maximum Gasteiger partial charge on any atom is 0.177 e. The summed E-state index contributed by atoms with van der Waals surface area (Å²) in [4.78, 5) is 16.2. The van der Waals surface area contributed by atoms with Gasteiger partial charge in [-0.3, -0.25) is 9.69 Å². The average Bonchev–Trinajstić information content (AvgIpc) is 2.78. The van der Waals surface area contributed by atoms with Crippen molar-refractivity contribution in [2.45, 2.75) is 32.1 Å². The molecule has 2 aliphatic rings. The highest BCUT2D eigenvalue weighted by Crippen LogP contribution is 2.48. The highest BCUT2D eigenvalue weighted by molar-refractivity contribution is 6.31. The van der Waals surface area contributed by atoms with Crippen molar-refractivity contribution in [1.82, 2.24) is 4.90 Å². The van der Waals surface area contributed by atoms with Crippen LogP contribution < -0.4 is 4.74 Å². The lowest BCUT2D eigenvalue weighted by Gasteiger charge is -2.41. The van der Waals surface area contributed by atoms with Gasteiger partial charge >= 0.3 is 0 Å². The van der Waals surface area contributed by atoms with Crippen molar-refractivity contribution in [1.29, 1.82) is 0 Å². The van der Waals surface area contributed by atoms with Crippen LogP contribution in [0.25, 0.3) is 0 Å². The van der Waals surface area contributed by atoms with Gasteiger partial charge in [0.15, 0.2) is 5.78 Å². The number of benzene rings is 2. The van der Waals surface area contributed by atoms with Gasteiger partial charge in [-0.15, -0.1) is 0 Å². The van der Waals surface area contributed by atoms with Crippen molar-refractivity contribution < 1.29 is 9.53 Å². The molecule has 2 heterocycles. The number of carbonyl (C=O) groups is 1. The number of ether oxygens (including phenoxy) is 1. The van der Waals surface area contributed by atoms with E-state index in [0.717, 1.165) is 43.8 Å². The molecule has 0 atom stereocenters. The summed E-state index contributed by atoms with van der Waals surface area (Å²) in [5.74, 6) is 1.51. The summed E-state index contributed by atoms with van der Waals surface area (Å²) in [7, 11) is 0. The second kappa shape index (κ2) is 7.14. The highest BCUT2D eigenvalue weighted by atomic mass is 35.5. The number of Topliss-reactive ketones (excluding diaryl/α,β-unsaturated/α-hetero) is 1. The molecule has 1 spiro atoms. The van der Waals surface area contributed by atoms with Gasteiger partial charge in [0.25, 0.3) is 0 Å². The van der Waals surface area contributed by atoms with E-state index in [1.54, 1.807) is 18.2 Å². The van der Waals surface area contributed by atoms with Gasteiger partial charge in [-0.1, -0.05) is 41.4 Å². The fraction of sp³-hybridized carbons (Fsp3) is 0.348. The lowest BCUT2D eigenvalue weighted by Crippen LogP contribution is -2.47. The van der Waals surface area contributed by atoms with Crippen LogP contribution in [0.4, 0.5) is 0 Å². The predicted molar refractivity (Wildman–Crippen MR) is 109 cm³/mol. The highest BCUT2D eigenvalue weighted by Gasteiger charge is 2.47. The number of para-hydroxylation sites is 1. The predicted octanol–water partition coefficient (Wildman–Crippen LogP) is 5.63. The van der Waals surface area contributed by atoms with E-state index >= 15 is 0 Å². The Morgan fingerprint density at radius 1 is 1.19 bits per heavy atom. The van der Waals surface area contributed by atoms with Crippen LogP contribution in [-0.4, -0.2) is 30.3 Å². The van der Waals surface area contributed by atoms with E-state index in [0.29, 0.717) is 16.3 Å². The van der Waals surface area contributed by atoms with Crippen LogP contribution >= 0.6 is 11.6 Å². The Morgan fingerprint density at radius 2 is 1.93 bits per heavy atom. The molecule has 0 saturated carbocycles. The second-order valence-corrected chi connectivity index (χ2v) is 8.00. The molecule has 140 valence electrons. The van der Waals surface area contributed by atoms with Crippen molar-refractivity contribution in [3.63, 3.8) is 0 Å². The van der Waals surface area contributed by atoms with Crippen molar-refractivity contribution in [2.75, 3.05) is 19.6 Å². The van der Waals surface area contributed by atoms with E-state index in [9.17, 15) is 4.79 Å². The molecule has 4 heteroatoms. The normalized spacial score (nSPS) is 19.2. The fourth-order valence-corrected chi connectivity index (χ4v) is 4.42.